The molecule has 1 aromatic heterocycles. The molecule has 2 N–H and O–H groups in total. The fraction of sp³-hybridized carbons (Fsp3) is 0.250. The fourth-order valence-electron chi connectivity index (χ4n) is 2.99. The summed E-state index contributed by atoms with van der Waals surface area (Å²) in [6.45, 7) is 1.60. The highest BCUT2D eigenvalue weighted by atomic mass is 16.5. The summed E-state index contributed by atoms with van der Waals surface area (Å²) in [5.41, 5.74) is 0.775. The van der Waals surface area contributed by atoms with Gasteiger partial charge in [-0.1, -0.05) is 24.3 Å². The maximum absolute atomic E-state index is 12.5. The fourth-order valence-corrected chi connectivity index (χ4v) is 2.99. The van der Waals surface area contributed by atoms with Crippen molar-refractivity contribution in [3.8, 4) is 11.5 Å². The highest BCUT2D eigenvalue weighted by Gasteiger charge is 2.00. The van der Waals surface area contributed by atoms with Crippen molar-refractivity contribution >= 4 is 12.2 Å². The second kappa shape index (κ2) is 10.4. The number of hydrogen-bond acceptors (Lipinski definition) is 5. The summed E-state index contributed by atoms with van der Waals surface area (Å²) in [7, 11) is 5.63. The summed E-state index contributed by atoms with van der Waals surface area (Å²) in [6, 6.07) is 14.6. The van der Waals surface area contributed by atoms with Crippen molar-refractivity contribution in [1.82, 2.24) is 14.9 Å². The third kappa shape index (κ3) is 6.45. The number of rotatable bonds is 8. The van der Waals surface area contributed by atoms with Crippen LogP contribution in [0.1, 0.15) is 17.5 Å². The van der Waals surface area contributed by atoms with Crippen LogP contribution >= 0.6 is 0 Å². The minimum Gasteiger partial charge on any atom is -0.497 e. The second-order valence-corrected chi connectivity index (χ2v) is 7.38. The van der Waals surface area contributed by atoms with Gasteiger partial charge < -0.3 is 24.3 Å². The average molecular weight is 421 g/mol. The van der Waals surface area contributed by atoms with Crippen LogP contribution < -0.4 is 31.3 Å². The molecular formula is C24H27N3O4. The van der Waals surface area contributed by atoms with Gasteiger partial charge in [-0.3, -0.25) is 9.59 Å². The Kier molecular flexibility index (Phi) is 7.45. The molecule has 0 radical (unpaired) electrons. The van der Waals surface area contributed by atoms with Crippen molar-refractivity contribution in [2.45, 2.75) is 6.42 Å². The highest BCUT2D eigenvalue weighted by molar-refractivity contribution is 5.51. The first-order valence-corrected chi connectivity index (χ1v) is 10.0. The van der Waals surface area contributed by atoms with Crippen LogP contribution in [0.2, 0.25) is 0 Å². The molecule has 31 heavy (non-hydrogen) atoms. The number of aromatic amines is 2. The van der Waals surface area contributed by atoms with Gasteiger partial charge in [-0.25, -0.2) is 0 Å². The Hall–Kier alpha value is -3.58. The minimum atomic E-state index is -0.380. The predicted molar refractivity (Wildman–Crippen MR) is 122 cm³/mol. The SMILES string of the molecule is COc1cccc(/C=c2\[nH]c(=O)/c(=C/c3ccc(OCCCN(C)C)cc3)[nH]c2=O)c1. The van der Waals surface area contributed by atoms with Crippen molar-refractivity contribution in [3.05, 3.63) is 91.1 Å². The van der Waals surface area contributed by atoms with Crippen LogP contribution in [0.3, 0.4) is 0 Å². The van der Waals surface area contributed by atoms with Gasteiger partial charge in [-0.2, -0.15) is 0 Å². The number of methoxy groups -OCH3 is 1. The van der Waals surface area contributed by atoms with Crippen LogP contribution in [0.25, 0.3) is 12.2 Å². The number of nitrogens with zero attached hydrogens (tertiary/aromatic N) is 1. The van der Waals surface area contributed by atoms with Gasteiger partial charge in [0.1, 0.15) is 22.2 Å². The van der Waals surface area contributed by atoms with E-state index in [4.69, 9.17) is 9.47 Å². The molecule has 0 atom stereocenters. The molecule has 0 unspecified atom stereocenters. The van der Waals surface area contributed by atoms with Crippen LogP contribution in [0.4, 0.5) is 0 Å². The summed E-state index contributed by atoms with van der Waals surface area (Å²) in [5.74, 6) is 1.43. The molecule has 0 bridgehead atoms. The molecular weight excluding hydrogens is 394 g/mol. The largest absolute Gasteiger partial charge is 0.497 e. The van der Waals surface area contributed by atoms with Gasteiger partial charge in [0.05, 0.1) is 13.7 Å². The molecule has 0 aliphatic carbocycles. The lowest BCUT2D eigenvalue weighted by Crippen LogP contribution is -2.46. The summed E-state index contributed by atoms with van der Waals surface area (Å²) >= 11 is 0. The van der Waals surface area contributed by atoms with E-state index in [-0.39, 0.29) is 21.8 Å². The van der Waals surface area contributed by atoms with E-state index >= 15 is 0 Å². The Balaban J connectivity index is 1.80. The molecule has 0 saturated carbocycles. The Morgan fingerprint density at radius 3 is 2.13 bits per heavy atom. The number of H-pyrrole nitrogens is 2. The molecule has 3 rings (SSSR count). The van der Waals surface area contributed by atoms with Crippen molar-refractivity contribution in [2.24, 2.45) is 0 Å². The Labute approximate surface area is 180 Å². The van der Waals surface area contributed by atoms with E-state index in [2.05, 4.69) is 14.9 Å². The van der Waals surface area contributed by atoms with Crippen LogP contribution in [-0.2, 0) is 0 Å². The van der Waals surface area contributed by atoms with Crippen LogP contribution in [0, 0.1) is 0 Å². The molecule has 7 nitrogen and oxygen atoms in total. The van der Waals surface area contributed by atoms with Crippen molar-refractivity contribution in [2.75, 3.05) is 34.4 Å². The van der Waals surface area contributed by atoms with Gasteiger partial charge >= 0.3 is 0 Å². The second-order valence-electron chi connectivity index (χ2n) is 7.38. The average Bonchev–Trinajstić information content (AvgIpc) is 2.76. The molecule has 0 aliphatic heterocycles. The first-order chi connectivity index (χ1) is 14.9. The van der Waals surface area contributed by atoms with E-state index in [9.17, 15) is 9.59 Å². The van der Waals surface area contributed by atoms with E-state index in [0.717, 1.165) is 29.8 Å². The summed E-state index contributed by atoms with van der Waals surface area (Å²) < 4.78 is 10.9. The number of ether oxygens (including phenoxy) is 2. The van der Waals surface area contributed by atoms with Crippen LogP contribution in [0.5, 0.6) is 11.5 Å². The van der Waals surface area contributed by atoms with E-state index in [1.165, 1.54) is 0 Å². The molecule has 0 spiro atoms. The number of aromatic nitrogens is 2. The Morgan fingerprint density at radius 1 is 0.871 bits per heavy atom. The zero-order valence-corrected chi connectivity index (χ0v) is 18.0. The normalized spacial score (nSPS) is 12.4. The lowest BCUT2D eigenvalue weighted by Gasteiger charge is -2.10. The van der Waals surface area contributed by atoms with Crippen molar-refractivity contribution in [1.29, 1.82) is 0 Å². The van der Waals surface area contributed by atoms with Gasteiger partial charge in [0.15, 0.2) is 0 Å². The van der Waals surface area contributed by atoms with Gasteiger partial charge in [0, 0.05) is 6.54 Å². The zero-order valence-electron chi connectivity index (χ0n) is 18.0. The molecule has 2 aromatic carbocycles. The predicted octanol–water partition coefficient (Wildman–Crippen LogP) is 1.06. The van der Waals surface area contributed by atoms with E-state index in [0.29, 0.717) is 12.4 Å². The van der Waals surface area contributed by atoms with E-state index < -0.39 is 0 Å². The smallest absolute Gasteiger partial charge is 0.272 e. The Morgan fingerprint density at radius 2 is 1.52 bits per heavy atom. The van der Waals surface area contributed by atoms with Crippen LogP contribution in [0.15, 0.2) is 58.1 Å². The molecule has 0 saturated heterocycles. The van der Waals surface area contributed by atoms with Gasteiger partial charge in [0.25, 0.3) is 11.1 Å². The summed E-state index contributed by atoms with van der Waals surface area (Å²) in [5, 5.41) is 0.365. The quantitative estimate of drug-likeness (QED) is 0.531. The first kappa shape index (κ1) is 22.1. The maximum atomic E-state index is 12.5. The molecule has 7 heteroatoms. The minimum absolute atomic E-state index is 0.178. The van der Waals surface area contributed by atoms with Crippen molar-refractivity contribution < 1.29 is 9.47 Å². The third-order valence-electron chi connectivity index (χ3n) is 4.60. The lowest BCUT2D eigenvalue weighted by atomic mass is 10.2. The number of nitrogens with one attached hydrogen (secondary N) is 2. The van der Waals surface area contributed by atoms with E-state index in [1.54, 1.807) is 25.3 Å². The molecule has 0 aliphatic rings. The van der Waals surface area contributed by atoms with E-state index in [1.807, 2.05) is 56.6 Å². The molecule has 0 amide bonds. The zero-order chi connectivity index (χ0) is 22.2. The Bertz CT molecular complexity index is 1240. The van der Waals surface area contributed by atoms with Gasteiger partial charge in [-0.15, -0.1) is 0 Å². The standard InChI is InChI=1S/C24H27N3O4/c1-27(2)12-5-13-31-19-10-8-17(9-11-19)15-21-23(28)26-22(24(29)25-21)16-18-6-4-7-20(14-18)30-3/h4,6-11,14-16H,5,12-13H2,1-3H3,(H,25,29)(H,26,28)/b21-15-,22-16-. The third-order valence-corrected chi connectivity index (χ3v) is 4.60. The first-order valence-electron chi connectivity index (χ1n) is 10.0. The summed E-state index contributed by atoms with van der Waals surface area (Å²) in [4.78, 5) is 32.3. The number of benzene rings is 2. The lowest BCUT2D eigenvalue weighted by molar-refractivity contribution is 0.281. The molecule has 3 aromatic rings. The molecule has 162 valence electrons. The number of hydrogen-bond donors (Lipinski definition) is 2. The topological polar surface area (TPSA) is 87.4 Å². The summed E-state index contributed by atoms with van der Waals surface area (Å²) in [6.07, 6.45) is 4.18. The maximum Gasteiger partial charge on any atom is 0.272 e. The highest BCUT2D eigenvalue weighted by Crippen LogP contribution is 2.13. The van der Waals surface area contributed by atoms with Crippen molar-refractivity contribution in [3.63, 3.8) is 0 Å². The van der Waals surface area contributed by atoms with Gasteiger partial charge in [0.2, 0.25) is 0 Å². The monoisotopic (exact) mass is 421 g/mol. The van der Waals surface area contributed by atoms with Gasteiger partial charge in [-0.05, 0) is 68.1 Å². The van der Waals surface area contributed by atoms with Crippen LogP contribution in [-0.4, -0.2) is 49.2 Å². The molecule has 1 heterocycles. The molecule has 0 fully saturated rings.